The average molecular weight is 417 g/mol. The van der Waals surface area contributed by atoms with Crippen LogP contribution in [0.25, 0.3) is 11.1 Å². The molecule has 0 bridgehead atoms. The Labute approximate surface area is 188 Å². The predicted molar refractivity (Wildman–Crippen MR) is 134 cm³/mol. The number of hydrogen-bond acceptors (Lipinski definition) is 3. The van der Waals surface area contributed by atoms with E-state index in [-0.39, 0.29) is 0 Å². The van der Waals surface area contributed by atoms with Gasteiger partial charge in [0.1, 0.15) is 11.6 Å². The number of pyridine rings is 1. The lowest BCUT2D eigenvalue weighted by molar-refractivity contribution is 0.314. The lowest BCUT2D eigenvalue weighted by Crippen LogP contribution is -1.98. The van der Waals surface area contributed by atoms with E-state index in [0.717, 1.165) is 36.3 Å². The largest absolute Gasteiger partial charge is 0.493 e. The zero-order chi connectivity index (χ0) is 22.6. The van der Waals surface area contributed by atoms with Gasteiger partial charge >= 0.3 is 0 Å². The lowest BCUT2D eigenvalue weighted by atomic mass is 9.92. The molecule has 0 radical (unpaired) electrons. The molecule has 0 saturated carbocycles. The van der Waals surface area contributed by atoms with E-state index >= 15 is 0 Å². The Hall–Kier alpha value is -3.07. The van der Waals surface area contributed by atoms with Gasteiger partial charge in [-0.2, -0.15) is 0 Å². The van der Waals surface area contributed by atoms with Gasteiger partial charge in [0.05, 0.1) is 6.61 Å². The van der Waals surface area contributed by atoms with Gasteiger partial charge in [-0.25, -0.2) is 4.98 Å². The molecule has 1 aromatic carbocycles. The Morgan fingerprint density at radius 3 is 2.52 bits per heavy atom. The number of benzene rings is 1. The van der Waals surface area contributed by atoms with Crippen LogP contribution in [0.2, 0.25) is 0 Å². The summed E-state index contributed by atoms with van der Waals surface area (Å²) in [4.78, 5) is 4.13. The van der Waals surface area contributed by atoms with Crippen molar-refractivity contribution in [2.75, 3.05) is 12.3 Å². The maximum Gasteiger partial charge on any atom is 0.123 e. The maximum atomic E-state index is 5.75. The smallest absolute Gasteiger partial charge is 0.123 e. The molecule has 1 aliphatic rings. The summed E-state index contributed by atoms with van der Waals surface area (Å²) in [6, 6.07) is 10.1. The molecule has 164 valence electrons. The monoisotopic (exact) mass is 416 g/mol. The minimum Gasteiger partial charge on any atom is -0.493 e. The number of allylic oxidation sites excluding steroid dienone is 8. The first-order valence-corrected chi connectivity index (χ1v) is 11.2. The second-order valence-corrected chi connectivity index (χ2v) is 7.67. The topological polar surface area (TPSA) is 48.1 Å². The van der Waals surface area contributed by atoms with E-state index in [0.29, 0.717) is 11.7 Å². The van der Waals surface area contributed by atoms with E-state index < -0.39 is 0 Å². The standard InChI is InChI=1S/C16H20N2O.C12H16/c1-3-9-19-15-7-5-13(10-12(15)4-2)14-6-8-16(17)18-11-14;1-4-7-10(2)12-9-6-5-8-11(12)3/h5-8,10-11H,3-4,9H2,1-2H3,(H2,17,18);4-9,11H,1-3H3/b;7-4-,12-10-. The van der Waals surface area contributed by atoms with Crippen LogP contribution >= 0.6 is 0 Å². The first kappa shape index (κ1) is 24.2. The van der Waals surface area contributed by atoms with Gasteiger partial charge < -0.3 is 10.5 Å². The second kappa shape index (κ2) is 12.6. The molecule has 3 heteroatoms. The molecule has 3 rings (SSSR count). The molecule has 0 aliphatic heterocycles. The van der Waals surface area contributed by atoms with Crippen molar-refractivity contribution in [3.8, 4) is 16.9 Å². The number of aryl methyl sites for hydroxylation is 1. The van der Waals surface area contributed by atoms with Gasteiger partial charge in [-0.3, -0.25) is 0 Å². The van der Waals surface area contributed by atoms with Crippen LogP contribution in [0.1, 0.15) is 46.6 Å². The van der Waals surface area contributed by atoms with Crippen molar-refractivity contribution in [2.24, 2.45) is 5.92 Å². The molecule has 0 saturated heterocycles. The van der Waals surface area contributed by atoms with Gasteiger partial charge in [-0.15, -0.1) is 0 Å². The van der Waals surface area contributed by atoms with E-state index in [1.165, 1.54) is 16.7 Å². The lowest BCUT2D eigenvalue weighted by Gasteiger charge is -2.13. The average Bonchev–Trinajstić information content (AvgIpc) is 2.79. The zero-order valence-electron chi connectivity index (χ0n) is 19.6. The first-order valence-electron chi connectivity index (χ1n) is 11.2. The van der Waals surface area contributed by atoms with Crippen LogP contribution in [-0.4, -0.2) is 11.6 Å². The minimum absolute atomic E-state index is 0.544. The van der Waals surface area contributed by atoms with Gasteiger partial charge in [-0.1, -0.05) is 63.3 Å². The summed E-state index contributed by atoms with van der Waals surface area (Å²) < 4.78 is 5.75. The summed E-state index contributed by atoms with van der Waals surface area (Å²) in [6.45, 7) is 11.4. The summed E-state index contributed by atoms with van der Waals surface area (Å²) in [6.07, 6.45) is 16.6. The summed E-state index contributed by atoms with van der Waals surface area (Å²) in [5.41, 5.74) is 11.8. The Morgan fingerprint density at radius 2 is 1.90 bits per heavy atom. The summed E-state index contributed by atoms with van der Waals surface area (Å²) in [5, 5.41) is 0. The first-order chi connectivity index (χ1) is 15.0. The van der Waals surface area contributed by atoms with Crippen LogP contribution in [0.4, 0.5) is 5.82 Å². The molecule has 1 aromatic heterocycles. The fourth-order valence-corrected chi connectivity index (χ4v) is 3.45. The Morgan fingerprint density at radius 1 is 1.13 bits per heavy atom. The molecule has 3 nitrogen and oxygen atoms in total. The summed E-state index contributed by atoms with van der Waals surface area (Å²) >= 11 is 0. The molecule has 1 heterocycles. The van der Waals surface area contributed by atoms with Crippen LogP contribution in [-0.2, 0) is 6.42 Å². The van der Waals surface area contributed by atoms with Gasteiger partial charge in [0, 0.05) is 11.8 Å². The van der Waals surface area contributed by atoms with Crippen LogP contribution in [0.3, 0.4) is 0 Å². The van der Waals surface area contributed by atoms with E-state index in [4.69, 9.17) is 10.5 Å². The maximum absolute atomic E-state index is 5.75. The fourth-order valence-electron chi connectivity index (χ4n) is 3.45. The van der Waals surface area contributed by atoms with Gasteiger partial charge in [-0.05, 0) is 79.1 Å². The van der Waals surface area contributed by atoms with Crippen LogP contribution in [0, 0.1) is 5.92 Å². The van der Waals surface area contributed by atoms with Crippen LogP contribution in [0.5, 0.6) is 5.75 Å². The number of anilines is 1. The van der Waals surface area contributed by atoms with Crippen molar-refractivity contribution in [1.29, 1.82) is 0 Å². The fraction of sp³-hybridized carbons (Fsp3) is 0.321. The molecule has 1 unspecified atom stereocenters. The number of nitrogen functional groups attached to an aromatic ring is 1. The number of aromatic nitrogens is 1. The zero-order valence-corrected chi connectivity index (χ0v) is 19.6. The highest BCUT2D eigenvalue weighted by Gasteiger charge is 2.07. The normalized spacial score (nSPS) is 16.7. The van der Waals surface area contributed by atoms with Crippen molar-refractivity contribution < 1.29 is 4.74 Å². The highest BCUT2D eigenvalue weighted by atomic mass is 16.5. The quantitative estimate of drug-likeness (QED) is 0.536. The predicted octanol–water partition coefficient (Wildman–Crippen LogP) is 7.32. The molecule has 1 atom stereocenters. The van der Waals surface area contributed by atoms with Crippen molar-refractivity contribution in [1.82, 2.24) is 4.98 Å². The van der Waals surface area contributed by atoms with Crippen molar-refractivity contribution in [3.63, 3.8) is 0 Å². The highest BCUT2D eigenvalue weighted by molar-refractivity contribution is 5.65. The number of hydrogen-bond donors (Lipinski definition) is 1. The second-order valence-electron chi connectivity index (χ2n) is 7.67. The number of nitrogens with zero attached hydrogens (tertiary/aromatic N) is 1. The summed E-state index contributed by atoms with van der Waals surface area (Å²) in [5.74, 6) is 2.09. The van der Waals surface area contributed by atoms with Gasteiger partial charge in [0.15, 0.2) is 0 Å². The van der Waals surface area contributed by atoms with Crippen molar-refractivity contribution >= 4 is 5.82 Å². The van der Waals surface area contributed by atoms with E-state index in [1.54, 1.807) is 6.20 Å². The number of ether oxygens (including phenoxy) is 1. The minimum atomic E-state index is 0.544. The SMILES string of the molecule is C/C=C\C(C)=C1\C=CC=CC1C.CCCOc1ccc(-c2ccc(N)nc2)cc1CC. The van der Waals surface area contributed by atoms with Gasteiger partial charge in [0.25, 0.3) is 0 Å². The molecule has 2 N–H and O–H groups in total. The Balaban J connectivity index is 0.000000245. The number of nitrogens with two attached hydrogens (primary N) is 1. The molecule has 0 fully saturated rings. The Kier molecular flexibility index (Phi) is 9.83. The van der Waals surface area contributed by atoms with Crippen LogP contribution in [0.15, 0.2) is 84.1 Å². The van der Waals surface area contributed by atoms with E-state index in [2.05, 4.69) is 88.2 Å². The molecule has 1 aliphatic carbocycles. The van der Waals surface area contributed by atoms with Crippen molar-refractivity contribution in [2.45, 2.75) is 47.5 Å². The van der Waals surface area contributed by atoms with Crippen LogP contribution < -0.4 is 10.5 Å². The van der Waals surface area contributed by atoms with Crippen molar-refractivity contribution in [3.05, 3.63) is 89.7 Å². The molecular formula is C28H36N2O. The molecule has 31 heavy (non-hydrogen) atoms. The summed E-state index contributed by atoms with van der Waals surface area (Å²) in [7, 11) is 0. The Bertz CT molecular complexity index is 949. The van der Waals surface area contributed by atoms with Gasteiger partial charge in [0.2, 0.25) is 0 Å². The number of rotatable bonds is 6. The van der Waals surface area contributed by atoms with E-state index in [1.807, 2.05) is 18.2 Å². The molecule has 0 spiro atoms. The third-order valence-electron chi connectivity index (χ3n) is 5.17. The third-order valence-corrected chi connectivity index (χ3v) is 5.17. The molecular weight excluding hydrogens is 380 g/mol. The third kappa shape index (κ3) is 7.29. The van der Waals surface area contributed by atoms with E-state index in [9.17, 15) is 0 Å². The highest BCUT2D eigenvalue weighted by Crippen LogP contribution is 2.27. The molecule has 0 amide bonds. The molecule has 2 aromatic rings.